The van der Waals surface area contributed by atoms with Gasteiger partial charge in [0.25, 0.3) is 0 Å². The maximum atomic E-state index is 7.75. The van der Waals surface area contributed by atoms with E-state index in [1.807, 2.05) is 0 Å². The third-order valence-electron chi connectivity index (χ3n) is 0.250. The fourth-order valence-corrected chi connectivity index (χ4v) is 0.562. The van der Waals surface area contributed by atoms with E-state index in [-0.39, 0.29) is 34.1 Å². The SMILES string of the molecule is [C-]#N.[C-]#N.[C-]#[O+].[C-]#[O+].[CH-]=O.[Fe+2].[Fe+3].[SH2+]CNC[SH2+]. The van der Waals surface area contributed by atoms with E-state index in [0.29, 0.717) is 0 Å². The molecule has 0 saturated heterocycles. The van der Waals surface area contributed by atoms with Crippen LogP contribution in [-0.4, -0.2) is 18.5 Å². The second kappa shape index (κ2) is 435. The van der Waals surface area contributed by atoms with Crippen LogP contribution < -0.4 is 5.32 Å². The summed E-state index contributed by atoms with van der Waals surface area (Å²) in [6.45, 7) is 21.8. The molecule has 0 rings (SSSR count). The quantitative estimate of drug-likeness (QED) is 0.275. The van der Waals surface area contributed by atoms with Crippen molar-refractivity contribution < 1.29 is 48.2 Å². The van der Waals surface area contributed by atoms with E-state index in [2.05, 4.69) is 50.7 Å². The van der Waals surface area contributed by atoms with Gasteiger partial charge in [0.15, 0.2) is 11.8 Å². The fourth-order valence-electron chi connectivity index (χ4n) is 0.0625. The van der Waals surface area contributed by atoms with Crippen molar-refractivity contribution in [1.29, 1.82) is 10.5 Å². The van der Waals surface area contributed by atoms with Gasteiger partial charge in [-0.15, -0.1) is 0 Å². The van der Waals surface area contributed by atoms with Crippen LogP contribution in [0.2, 0.25) is 0 Å². The zero-order valence-corrected chi connectivity index (χ0v) is 12.5. The Morgan fingerprint density at radius 1 is 0.941 bits per heavy atom. The largest absolute Gasteiger partial charge is 3.00 e. The summed E-state index contributed by atoms with van der Waals surface area (Å²) in [5.74, 6) is 1.70. The van der Waals surface area contributed by atoms with Crippen molar-refractivity contribution in [2.24, 2.45) is 0 Å². The van der Waals surface area contributed by atoms with Crippen LogP contribution >= 0.6 is 0 Å². The zero-order valence-electron chi connectivity index (χ0n) is 8.32. The maximum absolute atomic E-state index is 7.75. The first-order chi connectivity index (χ1) is 7.41. The van der Waals surface area contributed by atoms with Gasteiger partial charge in [0.2, 0.25) is 0 Å². The molecule has 6 nitrogen and oxygen atoms in total. The Morgan fingerprint density at radius 3 is 1.06 bits per heavy atom. The van der Waals surface area contributed by atoms with Crippen molar-refractivity contribution in [2.75, 3.05) is 11.8 Å². The molecule has 0 bridgehead atoms. The van der Waals surface area contributed by atoms with Crippen molar-refractivity contribution >= 4 is 32.0 Å². The molecule has 17 heavy (non-hydrogen) atoms. The number of nitrogens with one attached hydrogen (secondary N) is 1. The van der Waals surface area contributed by atoms with Gasteiger partial charge in [-0.1, -0.05) is 0 Å². The average molecular weight is 360 g/mol. The normalized spacial score (nSPS) is 3.18. The number of hydrogen-bond donors (Lipinski definition) is 1. The summed E-state index contributed by atoms with van der Waals surface area (Å²) < 4.78 is 15.0. The van der Waals surface area contributed by atoms with Crippen LogP contribution in [0.5, 0.6) is 0 Å². The minimum atomic E-state index is 0. The Hall–Kier alpha value is -0.171. The van der Waals surface area contributed by atoms with Crippen molar-refractivity contribution in [2.45, 2.75) is 0 Å². The number of carbonyl (C=O) groups excluding carboxylic acids is 1. The smallest absolute Gasteiger partial charge is 0.545 e. The molecule has 0 atom stereocenters. The van der Waals surface area contributed by atoms with Crippen LogP contribution in [0.4, 0.5) is 0 Å². The zero-order chi connectivity index (χ0) is 14.1. The van der Waals surface area contributed by atoms with Crippen LogP contribution in [-0.2, 0) is 73.5 Å². The van der Waals surface area contributed by atoms with Crippen LogP contribution in [0.3, 0.4) is 0 Å². The third kappa shape index (κ3) is 905. The van der Waals surface area contributed by atoms with Crippen LogP contribution in [0.25, 0.3) is 0 Å². The second-order valence-electron chi connectivity index (χ2n) is 0.604. The van der Waals surface area contributed by atoms with Crippen molar-refractivity contribution in [3.63, 3.8) is 0 Å². The minimum Gasteiger partial charge on any atom is -0.545 e. The van der Waals surface area contributed by atoms with E-state index >= 15 is 0 Å². The third-order valence-corrected chi connectivity index (χ3v) is 0.750. The fraction of sp³-hybridized carbons (Fsp3) is 0.286. The molecule has 0 aromatic heterocycles. The standard InChI is InChI=1S/C2H7NS2.2CN.CHO.2CO.2Fe/c4-1-3-2-5;5*1-2;;/h3-5H,1-2H2;;;1H;;;;/q;3*-1;;;+2;+3/p+2. The van der Waals surface area contributed by atoms with Gasteiger partial charge >= 0.3 is 56.7 Å². The molecular weight excluding hydrogens is 350 g/mol. The molecule has 0 spiro atoms. The van der Waals surface area contributed by atoms with Gasteiger partial charge in [0.05, 0.1) is 0 Å². The van der Waals surface area contributed by atoms with Gasteiger partial charge < -0.3 is 28.5 Å². The Balaban J connectivity index is -0.00000001000. The monoisotopic (exact) mass is 360 g/mol. The number of hydrogen-bond acceptors (Lipinski definition) is 4. The molecule has 0 aliphatic carbocycles. The molecule has 0 amide bonds. The first kappa shape index (κ1) is 54.1. The van der Waals surface area contributed by atoms with Gasteiger partial charge in [-0.05, 0) is 25.3 Å². The molecule has 0 aliphatic heterocycles. The Labute approximate surface area is 134 Å². The minimum absolute atomic E-state index is 0. The summed E-state index contributed by atoms with van der Waals surface area (Å²) in [5.41, 5.74) is 0. The number of rotatable bonds is 2. The Kier molecular flexibility index (Phi) is 1380. The topological polar surface area (TPSA) is 116 Å². The van der Waals surface area contributed by atoms with E-state index in [1.54, 1.807) is 0 Å². The van der Waals surface area contributed by atoms with Crippen LogP contribution in [0, 0.1) is 37.0 Å². The first-order valence-electron chi connectivity index (χ1n) is 2.51. The molecule has 0 aromatic carbocycles. The van der Waals surface area contributed by atoms with Gasteiger partial charge in [-0.2, -0.15) is 0 Å². The molecule has 0 fully saturated rings. The maximum Gasteiger partial charge on any atom is 3.00 e. The van der Waals surface area contributed by atoms with Gasteiger partial charge in [0.1, 0.15) is 0 Å². The summed E-state index contributed by atoms with van der Waals surface area (Å²) in [6, 6.07) is 0. The summed E-state index contributed by atoms with van der Waals surface area (Å²) >= 11 is 6.42. The molecule has 95 valence electrons. The molecule has 10 heteroatoms. The molecule has 1 radical (unpaired) electrons. The van der Waals surface area contributed by atoms with E-state index in [1.165, 1.54) is 0 Å². The van der Waals surface area contributed by atoms with Gasteiger partial charge in [0, 0.05) is 0 Å². The van der Waals surface area contributed by atoms with E-state index in [4.69, 9.17) is 37.8 Å². The van der Waals surface area contributed by atoms with Gasteiger partial charge in [-0.25, -0.2) is 5.32 Å². The Bertz CT molecular complexity index is 119. The molecule has 1 N–H and O–H groups in total. The van der Waals surface area contributed by atoms with Crippen molar-refractivity contribution in [1.82, 2.24) is 5.32 Å². The number of nitrogens with zero attached hydrogens (tertiary/aromatic N) is 2. The summed E-state index contributed by atoms with van der Waals surface area (Å²) in [7, 11) is 0. The molecule has 0 aromatic rings. The first-order valence-corrected chi connectivity index (χ1v) is 3.92. The molecular formula is C7H10Fe2N3O3S2+4. The molecule has 0 unspecified atom stereocenters. The van der Waals surface area contributed by atoms with E-state index in [9.17, 15) is 0 Å². The van der Waals surface area contributed by atoms with E-state index in [0.717, 1.165) is 11.8 Å². The second-order valence-corrected chi connectivity index (χ2v) is 1.31. The predicted molar refractivity (Wildman–Crippen MR) is 57.7 cm³/mol. The predicted octanol–water partition coefficient (Wildman–Crippen LogP) is -1.65. The summed E-state index contributed by atoms with van der Waals surface area (Å²) in [6.07, 6.45) is 0. The van der Waals surface area contributed by atoms with Crippen molar-refractivity contribution in [3.8, 4) is 0 Å². The van der Waals surface area contributed by atoms with E-state index < -0.39 is 0 Å². The Morgan fingerprint density at radius 2 is 1.06 bits per heavy atom. The van der Waals surface area contributed by atoms with Crippen LogP contribution in [0.1, 0.15) is 0 Å². The van der Waals surface area contributed by atoms with Crippen molar-refractivity contribution in [3.05, 3.63) is 26.4 Å². The summed E-state index contributed by atoms with van der Waals surface area (Å²) in [5, 5.41) is 15.4. The van der Waals surface area contributed by atoms with Gasteiger partial charge in [-0.3, -0.25) is 6.79 Å². The summed E-state index contributed by atoms with van der Waals surface area (Å²) in [4.78, 5) is 7.75. The molecule has 0 aliphatic rings. The average Bonchev–Trinajstić information content (AvgIpc) is 2.42. The molecule has 0 heterocycles. The molecule has 0 saturated carbocycles. The van der Waals surface area contributed by atoms with Crippen LogP contribution in [0.15, 0.2) is 0 Å².